The van der Waals surface area contributed by atoms with Gasteiger partial charge >= 0.3 is 0 Å². The fraction of sp³-hybridized carbons (Fsp3) is 0.375. The van der Waals surface area contributed by atoms with Gasteiger partial charge in [0, 0.05) is 42.7 Å². The molecule has 0 atom stereocenters. The van der Waals surface area contributed by atoms with E-state index in [9.17, 15) is 4.79 Å². The van der Waals surface area contributed by atoms with E-state index < -0.39 is 0 Å². The Morgan fingerprint density at radius 1 is 1.19 bits per heavy atom. The van der Waals surface area contributed by atoms with E-state index in [1.165, 1.54) is 12.8 Å². The molecule has 3 aromatic heterocycles. The molecular formula is C24H28N6OS. The first-order valence-electron chi connectivity index (χ1n) is 10.9. The first kappa shape index (κ1) is 21.0. The van der Waals surface area contributed by atoms with Crippen LogP contribution in [0, 0.1) is 6.92 Å². The summed E-state index contributed by atoms with van der Waals surface area (Å²) in [6, 6.07) is 10.4. The van der Waals surface area contributed by atoms with Gasteiger partial charge in [-0.2, -0.15) is 10.2 Å². The van der Waals surface area contributed by atoms with Crippen molar-refractivity contribution >= 4 is 22.9 Å². The fourth-order valence-electron chi connectivity index (χ4n) is 4.00. The Kier molecular flexibility index (Phi) is 5.22. The normalized spacial score (nSPS) is 14.9. The second kappa shape index (κ2) is 7.94. The average molecular weight is 449 g/mol. The van der Waals surface area contributed by atoms with Crippen molar-refractivity contribution < 1.29 is 0 Å². The molecule has 0 unspecified atom stereocenters. The Balaban J connectivity index is 1.58. The first-order chi connectivity index (χ1) is 15.3. The van der Waals surface area contributed by atoms with Gasteiger partial charge in [-0.25, -0.2) is 0 Å². The minimum atomic E-state index is 0.0317. The van der Waals surface area contributed by atoms with E-state index in [4.69, 9.17) is 0 Å². The molecule has 1 saturated carbocycles. The van der Waals surface area contributed by atoms with Crippen LogP contribution in [0.1, 0.15) is 42.3 Å². The summed E-state index contributed by atoms with van der Waals surface area (Å²) < 4.78 is 9.07. The van der Waals surface area contributed by atoms with Gasteiger partial charge in [0.15, 0.2) is 0 Å². The van der Waals surface area contributed by atoms with Crippen LogP contribution >= 0.6 is 11.9 Å². The molecule has 1 aliphatic rings. The molecular weight excluding hydrogens is 420 g/mol. The summed E-state index contributed by atoms with van der Waals surface area (Å²) in [5.41, 5.74) is 4.97. The van der Waals surface area contributed by atoms with Gasteiger partial charge in [0.1, 0.15) is 0 Å². The summed E-state index contributed by atoms with van der Waals surface area (Å²) in [4.78, 5) is 14.7. The number of rotatable bonds is 7. The number of benzene rings is 1. The van der Waals surface area contributed by atoms with Gasteiger partial charge in [0.25, 0.3) is 5.56 Å². The summed E-state index contributed by atoms with van der Waals surface area (Å²) in [6.07, 6.45) is 6.77. The fourth-order valence-corrected chi connectivity index (χ4v) is 4.89. The Morgan fingerprint density at radius 3 is 2.66 bits per heavy atom. The van der Waals surface area contributed by atoms with E-state index in [-0.39, 0.29) is 11.1 Å². The summed E-state index contributed by atoms with van der Waals surface area (Å²) in [7, 11) is 3.82. The van der Waals surface area contributed by atoms with Gasteiger partial charge in [-0.05, 0) is 79.9 Å². The Morgan fingerprint density at radius 2 is 2.00 bits per heavy atom. The van der Waals surface area contributed by atoms with Crippen LogP contribution in [0.4, 0.5) is 0 Å². The summed E-state index contributed by atoms with van der Waals surface area (Å²) >= 11 is 1.67. The Bertz CT molecular complexity index is 1360. The third-order valence-corrected chi connectivity index (χ3v) is 7.21. The smallest absolute Gasteiger partial charge is 0.254 e. The summed E-state index contributed by atoms with van der Waals surface area (Å²) in [6.45, 7) is 4.71. The zero-order chi connectivity index (χ0) is 22.5. The predicted octanol–water partition coefficient (Wildman–Crippen LogP) is 3.57. The minimum absolute atomic E-state index is 0.0317. The Hall–Kier alpha value is -2.84. The number of aryl methyl sites for hydroxylation is 3. The standard InChI is InChI=1S/C24H28N6OS/c1-16-9-20(29(4)26-16)15-30-22-6-5-21(32-27-24(2)7-8-24)12-18(22)11-19(23(30)31)10-17-13-25-28(3)14-17/h5-6,9,11-14,27H,7-8,10,15H2,1-4H3. The van der Waals surface area contributed by atoms with Gasteiger partial charge in [0.2, 0.25) is 0 Å². The van der Waals surface area contributed by atoms with Crippen molar-refractivity contribution in [2.45, 2.75) is 50.1 Å². The van der Waals surface area contributed by atoms with Crippen LogP contribution in [0.5, 0.6) is 0 Å². The maximum Gasteiger partial charge on any atom is 0.254 e. The van der Waals surface area contributed by atoms with E-state index in [2.05, 4.69) is 40.0 Å². The van der Waals surface area contributed by atoms with Crippen LogP contribution in [0.15, 0.2) is 52.4 Å². The van der Waals surface area contributed by atoms with E-state index in [1.54, 1.807) is 16.6 Å². The largest absolute Gasteiger partial charge is 0.302 e. The predicted molar refractivity (Wildman–Crippen MR) is 128 cm³/mol. The van der Waals surface area contributed by atoms with Gasteiger partial charge in [-0.1, -0.05) is 0 Å². The molecule has 32 heavy (non-hydrogen) atoms. The SMILES string of the molecule is Cc1cc(Cn2c(=O)c(Cc3cnn(C)c3)cc3cc(SNC4(C)CC4)ccc32)n(C)n1. The second-order valence-electron chi connectivity index (χ2n) is 9.15. The van der Waals surface area contributed by atoms with Crippen molar-refractivity contribution in [1.29, 1.82) is 0 Å². The van der Waals surface area contributed by atoms with E-state index in [1.807, 2.05) is 54.8 Å². The topological polar surface area (TPSA) is 69.7 Å². The van der Waals surface area contributed by atoms with Crippen LogP contribution < -0.4 is 10.3 Å². The van der Waals surface area contributed by atoms with E-state index in [0.29, 0.717) is 13.0 Å². The summed E-state index contributed by atoms with van der Waals surface area (Å²) in [5, 5.41) is 9.78. The van der Waals surface area contributed by atoms with Gasteiger partial charge in [-0.3, -0.25) is 18.9 Å². The van der Waals surface area contributed by atoms with Crippen molar-refractivity contribution in [3.8, 4) is 0 Å². The van der Waals surface area contributed by atoms with Gasteiger partial charge < -0.3 is 4.57 Å². The number of aromatic nitrogens is 5. The third-order valence-electron chi connectivity index (χ3n) is 6.13. The zero-order valence-electron chi connectivity index (χ0n) is 18.9. The third kappa shape index (κ3) is 4.25. The molecule has 0 aliphatic heterocycles. The molecule has 8 heteroatoms. The lowest BCUT2D eigenvalue weighted by Crippen LogP contribution is -2.25. The molecule has 0 saturated heterocycles. The monoisotopic (exact) mass is 448 g/mol. The molecule has 1 aromatic carbocycles. The van der Waals surface area contributed by atoms with Crippen LogP contribution in [0.25, 0.3) is 10.9 Å². The molecule has 166 valence electrons. The molecule has 7 nitrogen and oxygen atoms in total. The maximum absolute atomic E-state index is 13.6. The van der Waals surface area contributed by atoms with Crippen LogP contribution in [-0.2, 0) is 27.1 Å². The lowest BCUT2D eigenvalue weighted by molar-refractivity contribution is 0.660. The average Bonchev–Trinajstić information content (AvgIpc) is 3.21. The molecule has 5 rings (SSSR count). The number of nitrogens with zero attached hydrogens (tertiary/aromatic N) is 5. The molecule has 1 aliphatic carbocycles. The van der Waals surface area contributed by atoms with Crippen molar-refractivity contribution in [3.63, 3.8) is 0 Å². The van der Waals surface area contributed by atoms with Crippen LogP contribution in [0.2, 0.25) is 0 Å². The molecule has 4 aromatic rings. The molecule has 0 radical (unpaired) electrons. The second-order valence-corrected chi connectivity index (χ2v) is 10.0. The molecule has 3 heterocycles. The number of fused-ring (bicyclic) bond motifs is 1. The number of hydrogen-bond donors (Lipinski definition) is 1. The molecule has 0 amide bonds. The van der Waals surface area contributed by atoms with Crippen LogP contribution in [0.3, 0.4) is 0 Å². The van der Waals surface area contributed by atoms with Gasteiger partial charge in [-0.15, -0.1) is 0 Å². The molecule has 1 fully saturated rings. The first-order valence-corrected chi connectivity index (χ1v) is 11.7. The maximum atomic E-state index is 13.6. The quantitative estimate of drug-likeness (QED) is 0.438. The van der Waals surface area contributed by atoms with E-state index in [0.717, 1.165) is 38.3 Å². The van der Waals surface area contributed by atoms with Gasteiger partial charge in [0.05, 0.1) is 29.6 Å². The number of pyridine rings is 1. The van der Waals surface area contributed by atoms with Crippen molar-refractivity contribution in [3.05, 3.63) is 75.6 Å². The molecule has 0 bridgehead atoms. The summed E-state index contributed by atoms with van der Waals surface area (Å²) in [5.74, 6) is 0. The number of nitrogens with one attached hydrogen (secondary N) is 1. The van der Waals surface area contributed by atoms with Crippen molar-refractivity contribution in [1.82, 2.24) is 28.9 Å². The molecule has 0 spiro atoms. The highest BCUT2D eigenvalue weighted by Crippen LogP contribution is 2.37. The highest BCUT2D eigenvalue weighted by Gasteiger charge is 2.37. The van der Waals surface area contributed by atoms with Crippen LogP contribution in [-0.4, -0.2) is 29.7 Å². The van der Waals surface area contributed by atoms with Crippen molar-refractivity contribution in [2.24, 2.45) is 14.1 Å². The number of hydrogen-bond acceptors (Lipinski definition) is 5. The van der Waals surface area contributed by atoms with E-state index >= 15 is 0 Å². The zero-order valence-corrected chi connectivity index (χ0v) is 19.7. The lowest BCUT2D eigenvalue weighted by Gasteiger charge is -2.15. The Labute approximate surface area is 191 Å². The minimum Gasteiger partial charge on any atom is -0.302 e. The highest BCUT2D eigenvalue weighted by molar-refractivity contribution is 7.97. The lowest BCUT2D eigenvalue weighted by atomic mass is 10.1. The van der Waals surface area contributed by atoms with Crippen molar-refractivity contribution in [2.75, 3.05) is 0 Å². The highest BCUT2D eigenvalue weighted by atomic mass is 32.2. The molecule has 1 N–H and O–H groups in total.